The summed E-state index contributed by atoms with van der Waals surface area (Å²) in [5.74, 6) is 0.0747. The standard InChI is InChI=1S/C21H27N3O3/c1-14-13-18(25)22-23-19(14)17-7-5-15(6-8-17)16-9-11-24(12-10-16)20(26)27-21(2,3)4/h5-9,14H,10-13H2,1-4H3,(H,22,25)/t14-/m1/s1. The predicted molar refractivity (Wildman–Crippen MR) is 105 cm³/mol. The first-order valence-electron chi connectivity index (χ1n) is 9.37. The summed E-state index contributed by atoms with van der Waals surface area (Å²) in [4.78, 5) is 25.3. The monoisotopic (exact) mass is 369 g/mol. The first kappa shape index (κ1) is 19.1. The number of hydrazone groups is 1. The zero-order chi connectivity index (χ0) is 19.6. The van der Waals surface area contributed by atoms with Gasteiger partial charge in [-0.3, -0.25) is 4.79 Å². The van der Waals surface area contributed by atoms with Crippen molar-refractivity contribution in [2.45, 2.75) is 46.1 Å². The average Bonchev–Trinajstić information content (AvgIpc) is 2.61. The largest absolute Gasteiger partial charge is 0.444 e. The van der Waals surface area contributed by atoms with Gasteiger partial charge in [0.25, 0.3) is 0 Å². The summed E-state index contributed by atoms with van der Waals surface area (Å²) in [5.41, 5.74) is 6.40. The van der Waals surface area contributed by atoms with E-state index in [4.69, 9.17) is 4.74 Å². The summed E-state index contributed by atoms with van der Waals surface area (Å²) in [6, 6.07) is 8.25. The minimum absolute atomic E-state index is 0.0372. The van der Waals surface area contributed by atoms with Gasteiger partial charge in [0.1, 0.15) is 5.60 Å². The van der Waals surface area contributed by atoms with Gasteiger partial charge in [0, 0.05) is 25.4 Å². The molecule has 27 heavy (non-hydrogen) atoms. The zero-order valence-electron chi connectivity index (χ0n) is 16.4. The highest BCUT2D eigenvalue weighted by Gasteiger charge is 2.24. The topological polar surface area (TPSA) is 71.0 Å². The molecule has 2 aliphatic rings. The second-order valence-corrected chi connectivity index (χ2v) is 8.12. The number of benzene rings is 1. The van der Waals surface area contributed by atoms with Crippen molar-refractivity contribution in [2.24, 2.45) is 11.0 Å². The Hall–Kier alpha value is -2.63. The lowest BCUT2D eigenvalue weighted by Gasteiger charge is -2.29. The maximum absolute atomic E-state index is 12.2. The first-order valence-corrected chi connectivity index (χ1v) is 9.37. The van der Waals surface area contributed by atoms with E-state index in [0.29, 0.717) is 19.5 Å². The molecule has 0 saturated carbocycles. The molecule has 1 aromatic carbocycles. The van der Waals surface area contributed by atoms with Crippen LogP contribution in [-0.4, -0.2) is 41.3 Å². The third-order valence-electron chi connectivity index (χ3n) is 4.67. The van der Waals surface area contributed by atoms with Crippen LogP contribution in [0.25, 0.3) is 5.57 Å². The Morgan fingerprint density at radius 1 is 1.22 bits per heavy atom. The molecule has 2 amide bonds. The van der Waals surface area contributed by atoms with Crippen molar-refractivity contribution < 1.29 is 14.3 Å². The Kier molecular flexibility index (Phi) is 5.35. The van der Waals surface area contributed by atoms with Gasteiger partial charge in [0.2, 0.25) is 5.91 Å². The number of hydrogen-bond donors (Lipinski definition) is 1. The molecule has 0 aromatic heterocycles. The van der Waals surface area contributed by atoms with Gasteiger partial charge in [-0.05, 0) is 43.9 Å². The van der Waals surface area contributed by atoms with Gasteiger partial charge in [-0.15, -0.1) is 0 Å². The fourth-order valence-corrected chi connectivity index (χ4v) is 3.28. The van der Waals surface area contributed by atoms with E-state index in [2.05, 4.69) is 28.7 Å². The normalized spacial score (nSPS) is 20.5. The molecule has 1 aromatic rings. The Balaban J connectivity index is 1.66. The molecule has 0 unspecified atom stereocenters. The lowest BCUT2D eigenvalue weighted by Crippen LogP contribution is -2.39. The van der Waals surface area contributed by atoms with E-state index in [0.717, 1.165) is 23.3 Å². The number of hydrogen-bond acceptors (Lipinski definition) is 4. The molecule has 0 spiro atoms. The van der Waals surface area contributed by atoms with E-state index in [1.807, 2.05) is 39.8 Å². The van der Waals surface area contributed by atoms with Gasteiger partial charge in [0.05, 0.1) is 5.71 Å². The fraction of sp³-hybridized carbons (Fsp3) is 0.476. The number of ether oxygens (including phenoxy) is 1. The third-order valence-corrected chi connectivity index (χ3v) is 4.67. The van der Waals surface area contributed by atoms with Crippen LogP contribution in [0, 0.1) is 5.92 Å². The smallest absolute Gasteiger partial charge is 0.410 e. The highest BCUT2D eigenvalue weighted by Crippen LogP contribution is 2.25. The minimum atomic E-state index is -0.477. The van der Waals surface area contributed by atoms with Crippen molar-refractivity contribution in [1.29, 1.82) is 0 Å². The summed E-state index contributed by atoms with van der Waals surface area (Å²) in [6.45, 7) is 8.85. The molecule has 144 valence electrons. The van der Waals surface area contributed by atoms with Crippen molar-refractivity contribution >= 4 is 23.3 Å². The van der Waals surface area contributed by atoms with E-state index in [9.17, 15) is 9.59 Å². The van der Waals surface area contributed by atoms with Crippen molar-refractivity contribution in [2.75, 3.05) is 13.1 Å². The van der Waals surface area contributed by atoms with Crippen molar-refractivity contribution in [3.8, 4) is 0 Å². The quantitative estimate of drug-likeness (QED) is 0.866. The molecule has 2 heterocycles. The molecular weight excluding hydrogens is 342 g/mol. The highest BCUT2D eigenvalue weighted by atomic mass is 16.6. The summed E-state index contributed by atoms with van der Waals surface area (Å²) in [7, 11) is 0. The zero-order valence-corrected chi connectivity index (χ0v) is 16.4. The number of carbonyl (C=O) groups excluding carboxylic acids is 2. The molecule has 6 heteroatoms. The lowest BCUT2D eigenvalue weighted by molar-refractivity contribution is -0.121. The van der Waals surface area contributed by atoms with Gasteiger partial charge < -0.3 is 9.64 Å². The molecule has 0 radical (unpaired) electrons. The van der Waals surface area contributed by atoms with Crippen LogP contribution in [0.2, 0.25) is 0 Å². The molecule has 6 nitrogen and oxygen atoms in total. The SMILES string of the molecule is C[C@@H]1CC(=O)NN=C1c1ccc(C2=CCN(C(=O)OC(C)(C)C)CC2)cc1. The Labute approximate surface area is 160 Å². The number of nitrogens with zero attached hydrogens (tertiary/aromatic N) is 2. The predicted octanol–water partition coefficient (Wildman–Crippen LogP) is 3.57. The Morgan fingerprint density at radius 3 is 2.44 bits per heavy atom. The molecular formula is C21H27N3O3. The first-order chi connectivity index (χ1) is 12.7. The van der Waals surface area contributed by atoms with E-state index in [1.165, 1.54) is 5.57 Å². The van der Waals surface area contributed by atoms with Crippen LogP contribution in [-0.2, 0) is 9.53 Å². The molecule has 1 atom stereocenters. The molecule has 0 aliphatic carbocycles. The minimum Gasteiger partial charge on any atom is -0.444 e. The molecule has 2 aliphatic heterocycles. The van der Waals surface area contributed by atoms with Crippen molar-refractivity contribution in [1.82, 2.24) is 10.3 Å². The average molecular weight is 369 g/mol. The summed E-state index contributed by atoms with van der Waals surface area (Å²) in [5, 5.41) is 4.21. The third kappa shape index (κ3) is 4.76. The molecule has 0 fully saturated rings. The van der Waals surface area contributed by atoms with E-state index >= 15 is 0 Å². The molecule has 3 rings (SSSR count). The lowest BCUT2D eigenvalue weighted by atomic mass is 9.92. The summed E-state index contributed by atoms with van der Waals surface area (Å²) >= 11 is 0. The maximum Gasteiger partial charge on any atom is 0.410 e. The second-order valence-electron chi connectivity index (χ2n) is 8.12. The molecule has 0 bridgehead atoms. The summed E-state index contributed by atoms with van der Waals surface area (Å²) in [6.07, 6.45) is 3.08. The van der Waals surface area contributed by atoms with Gasteiger partial charge in [-0.25, -0.2) is 10.2 Å². The van der Waals surface area contributed by atoms with Crippen LogP contribution in [0.15, 0.2) is 35.4 Å². The second kappa shape index (κ2) is 7.55. The van der Waals surface area contributed by atoms with Crippen LogP contribution in [0.5, 0.6) is 0 Å². The van der Waals surface area contributed by atoms with Crippen molar-refractivity contribution in [3.63, 3.8) is 0 Å². The van der Waals surface area contributed by atoms with Crippen LogP contribution >= 0.6 is 0 Å². The molecule has 1 N–H and O–H groups in total. The fourth-order valence-electron chi connectivity index (χ4n) is 3.28. The van der Waals surface area contributed by atoms with E-state index in [1.54, 1.807) is 4.90 Å². The van der Waals surface area contributed by atoms with Gasteiger partial charge in [-0.2, -0.15) is 5.10 Å². The highest BCUT2D eigenvalue weighted by molar-refractivity contribution is 6.05. The van der Waals surface area contributed by atoms with Crippen LogP contribution < -0.4 is 5.43 Å². The van der Waals surface area contributed by atoms with E-state index < -0.39 is 5.60 Å². The van der Waals surface area contributed by atoms with Crippen molar-refractivity contribution in [3.05, 3.63) is 41.5 Å². The van der Waals surface area contributed by atoms with Crippen LogP contribution in [0.4, 0.5) is 4.79 Å². The number of nitrogens with one attached hydrogen (secondary N) is 1. The van der Waals surface area contributed by atoms with Gasteiger partial charge >= 0.3 is 6.09 Å². The van der Waals surface area contributed by atoms with Gasteiger partial charge in [-0.1, -0.05) is 37.3 Å². The van der Waals surface area contributed by atoms with E-state index in [-0.39, 0.29) is 17.9 Å². The maximum atomic E-state index is 12.2. The number of carbonyl (C=O) groups is 2. The van der Waals surface area contributed by atoms with Crippen LogP contribution in [0.3, 0.4) is 0 Å². The molecule has 0 saturated heterocycles. The Morgan fingerprint density at radius 2 is 1.89 bits per heavy atom. The number of rotatable bonds is 2. The number of amides is 2. The Bertz CT molecular complexity index is 788. The van der Waals surface area contributed by atoms with Crippen LogP contribution in [0.1, 0.15) is 51.7 Å². The summed E-state index contributed by atoms with van der Waals surface area (Å²) < 4.78 is 5.43. The van der Waals surface area contributed by atoms with Gasteiger partial charge in [0.15, 0.2) is 0 Å².